The maximum atomic E-state index is 9.42. The summed E-state index contributed by atoms with van der Waals surface area (Å²) in [6.07, 6.45) is 3.69. The second kappa shape index (κ2) is 6.72. The molecule has 5 nitrogen and oxygen atoms in total. The Morgan fingerprint density at radius 3 is 2.18 bits per heavy atom. The summed E-state index contributed by atoms with van der Waals surface area (Å²) in [5.74, 6) is 1.63. The molecule has 0 bridgehead atoms. The maximum absolute atomic E-state index is 9.42. The van der Waals surface area contributed by atoms with Gasteiger partial charge in [0.2, 0.25) is 5.75 Å². The van der Waals surface area contributed by atoms with Crippen LogP contribution in [0.5, 0.6) is 17.2 Å². The van der Waals surface area contributed by atoms with E-state index < -0.39 is 0 Å². The molecule has 0 atom stereocenters. The Hall–Kier alpha value is -2.87. The van der Waals surface area contributed by atoms with Crippen molar-refractivity contribution >= 4 is 11.6 Å². The molecule has 0 saturated carbocycles. The Labute approximate surface area is 130 Å². The molecule has 0 aliphatic heterocycles. The fourth-order valence-corrected chi connectivity index (χ4v) is 2.26. The van der Waals surface area contributed by atoms with Gasteiger partial charge >= 0.3 is 0 Å². The molecule has 0 unspecified atom stereocenters. The summed E-state index contributed by atoms with van der Waals surface area (Å²) in [5.41, 5.74) is 2.20. The van der Waals surface area contributed by atoms with Gasteiger partial charge in [-0.25, -0.2) is 0 Å². The van der Waals surface area contributed by atoms with Crippen molar-refractivity contribution in [1.29, 1.82) is 5.26 Å². The molecule has 0 N–H and O–H groups in total. The molecular formula is C17H18N2O3. The molecule has 0 saturated heterocycles. The second-order valence-electron chi connectivity index (χ2n) is 4.63. The molecule has 0 aliphatic carbocycles. The molecule has 0 fully saturated rings. The van der Waals surface area contributed by atoms with Crippen LogP contribution in [0.3, 0.4) is 0 Å². The lowest BCUT2D eigenvalue weighted by Crippen LogP contribution is -1.96. The first-order valence-corrected chi connectivity index (χ1v) is 6.68. The van der Waals surface area contributed by atoms with Crippen molar-refractivity contribution in [2.24, 2.45) is 7.05 Å². The van der Waals surface area contributed by atoms with Crippen LogP contribution < -0.4 is 14.2 Å². The number of nitrogens with zero attached hydrogens (tertiary/aromatic N) is 2. The van der Waals surface area contributed by atoms with Gasteiger partial charge in [0.15, 0.2) is 11.5 Å². The number of aromatic nitrogens is 1. The van der Waals surface area contributed by atoms with E-state index in [0.29, 0.717) is 22.8 Å². The fourth-order valence-electron chi connectivity index (χ4n) is 2.26. The Morgan fingerprint density at radius 2 is 1.77 bits per heavy atom. The van der Waals surface area contributed by atoms with Gasteiger partial charge in [-0.3, -0.25) is 0 Å². The highest BCUT2D eigenvalue weighted by Gasteiger charge is 2.13. The van der Waals surface area contributed by atoms with Gasteiger partial charge in [0.05, 0.1) is 32.6 Å². The quantitative estimate of drug-likeness (QED) is 0.796. The summed E-state index contributed by atoms with van der Waals surface area (Å²) in [6.45, 7) is 0. The van der Waals surface area contributed by atoms with Gasteiger partial charge in [-0.1, -0.05) is 0 Å². The second-order valence-corrected chi connectivity index (χ2v) is 4.63. The van der Waals surface area contributed by atoms with E-state index in [-0.39, 0.29) is 0 Å². The fraction of sp³-hybridized carbons (Fsp3) is 0.235. The van der Waals surface area contributed by atoms with Gasteiger partial charge in [-0.05, 0) is 35.9 Å². The van der Waals surface area contributed by atoms with Crippen LogP contribution in [0.15, 0.2) is 30.5 Å². The highest BCUT2D eigenvalue weighted by molar-refractivity contribution is 5.89. The first-order valence-electron chi connectivity index (χ1n) is 6.68. The van der Waals surface area contributed by atoms with Crippen molar-refractivity contribution in [1.82, 2.24) is 4.57 Å². The van der Waals surface area contributed by atoms with Gasteiger partial charge in [-0.15, -0.1) is 0 Å². The molecule has 2 rings (SSSR count). The number of hydrogen-bond acceptors (Lipinski definition) is 4. The van der Waals surface area contributed by atoms with Crippen LogP contribution in [0.2, 0.25) is 0 Å². The van der Waals surface area contributed by atoms with E-state index in [4.69, 9.17) is 14.2 Å². The number of methoxy groups -OCH3 is 3. The highest BCUT2D eigenvalue weighted by Crippen LogP contribution is 2.39. The molecular weight excluding hydrogens is 280 g/mol. The molecule has 114 valence electrons. The lowest BCUT2D eigenvalue weighted by Gasteiger charge is -2.13. The number of nitriles is 1. The third kappa shape index (κ3) is 2.91. The maximum Gasteiger partial charge on any atom is 0.203 e. The van der Waals surface area contributed by atoms with Crippen molar-refractivity contribution in [3.8, 4) is 23.3 Å². The standard InChI is InChI=1S/C17H18N2O3/c1-19-7-5-6-14(19)13(11-18)8-12-9-15(20-2)17(22-4)16(10-12)21-3/h5-10H,1-4H3. The van der Waals surface area contributed by atoms with Crippen molar-refractivity contribution in [2.75, 3.05) is 21.3 Å². The lowest BCUT2D eigenvalue weighted by molar-refractivity contribution is 0.324. The number of allylic oxidation sites excluding steroid dienone is 1. The summed E-state index contributed by atoms with van der Waals surface area (Å²) < 4.78 is 17.8. The lowest BCUT2D eigenvalue weighted by atomic mass is 10.1. The summed E-state index contributed by atoms with van der Waals surface area (Å²) in [4.78, 5) is 0. The number of hydrogen-bond donors (Lipinski definition) is 0. The smallest absolute Gasteiger partial charge is 0.203 e. The average Bonchev–Trinajstić information content (AvgIpc) is 2.97. The Kier molecular flexibility index (Phi) is 4.74. The van der Waals surface area contributed by atoms with Crippen LogP contribution >= 0.6 is 0 Å². The molecule has 0 spiro atoms. The summed E-state index contributed by atoms with van der Waals surface area (Å²) >= 11 is 0. The highest BCUT2D eigenvalue weighted by atomic mass is 16.5. The molecule has 1 aromatic heterocycles. The monoisotopic (exact) mass is 298 g/mol. The third-order valence-electron chi connectivity index (χ3n) is 3.34. The Morgan fingerprint density at radius 1 is 1.14 bits per heavy atom. The predicted molar refractivity (Wildman–Crippen MR) is 85.0 cm³/mol. The van der Waals surface area contributed by atoms with Crippen LogP contribution in [-0.2, 0) is 7.05 Å². The molecule has 0 amide bonds. The average molecular weight is 298 g/mol. The summed E-state index contributed by atoms with van der Waals surface area (Å²) in [6, 6.07) is 9.63. The number of benzene rings is 1. The topological polar surface area (TPSA) is 56.4 Å². The first kappa shape index (κ1) is 15.5. The minimum atomic E-state index is 0.527. The minimum Gasteiger partial charge on any atom is -0.493 e. The van der Waals surface area contributed by atoms with Crippen LogP contribution in [0.1, 0.15) is 11.3 Å². The van der Waals surface area contributed by atoms with E-state index in [0.717, 1.165) is 11.3 Å². The minimum absolute atomic E-state index is 0.527. The van der Waals surface area contributed by atoms with E-state index in [1.165, 1.54) is 0 Å². The van der Waals surface area contributed by atoms with E-state index >= 15 is 0 Å². The zero-order valence-electron chi connectivity index (χ0n) is 13.1. The SMILES string of the molecule is COc1cc(C=C(C#N)c2cccn2C)cc(OC)c1OC. The van der Waals surface area contributed by atoms with Crippen molar-refractivity contribution in [3.63, 3.8) is 0 Å². The van der Waals surface area contributed by atoms with Crippen LogP contribution in [-0.4, -0.2) is 25.9 Å². The molecule has 22 heavy (non-hydrogen) atoms. The number of rotatable bonds is 5. The zero-order valence-corrected chi connectivity index (χ0v) is 13.1. The summed E-state index contributed by atoms with van der Waals surface area (Å²) in [5, 5.41) is 9.42. The summed E-state index contributed by atoms with van der Waals surface area (Å²) in [7, 11) is 6.58. The zero-order chi connectivity index (χ0) is 16.1. The normalized spacial score (nSPS) is 11.0. The van der Waals surface area contributed by atoms with Gasteiger partial charge in [0.25, 0.3) is 0 Å². The largest absolute Gasteiger partial charge is 0.493 e. The van der Waals surface area contributed by atoms with E-state index in [2.05, 4.69) is 6.07 Å². The predicted octanol–water partition coefficient (Wildman–Crippen LogP) is 3.12. The van der Waals surface area contributed by atoms with Crippen LogP contribution in [0.25, 0.3) is 11.6 Å². The Bertz CT molecular complexity index is 714. The van der Waals surface area contributed by atoms with Crippen molar-refractivity contribution in [3.05, 3.63) is 41.7 Å². The van der Waals surface area contributed by atoms with Gasteiger partial charge < -0.3 is 18.8 Å². The molecule has 2 aromatic rings. The molecule has 5 heteroatoms. The van der Waals surface area contributed by atoms with E-state index in [1.54, 1.807) is 27.4 Å². The van der Waals surface area contributed by atoms with E-state index in [9.17, 15) is 5.26 Å². The van der Waals surface area contributed by atoms with Crippen LogP contribution in [0.4, 0.5) is 0 Å². The molecule has 0 radical (unpaired) electrons. The number of aryl methyl sites for hydroxylation is 1. The van der Waals surface area contributed by atoms with Gasteiger partial charge in [0.1, 0.15) is 6.07 Å². The molecule has 1 heterocycles. The van der Waals surface area contributed by atoms with Crippen molar-refractivity contribution < 1.29 is 14.2 Å². The first-order chi connectivity index (χ1) is 10.6. The van der Waals surface area contributed by atoms with Gasteiger partial charge in [-0.2, -0.15) is 5.26 Å². The molecule has 1 aromatic carbocycles. The van der Waals surface area contributed by atoms with Crippen LogP contribution in [0, 0.1) is 11.3 Å². The van der Waals surface area contributed by atoms with Crippen molar-refractivity contribution in [2.45, 2.75) is 0 Å². The third-order valence-corrected chi connectivity index (χ3v) is 3.34. The molecule has 0 aliphatic rings. The van der Waals surface area contributed by atoms with Gasteiger partial charge in [0, 0.05) is 13.2 Å². The number of ether oxygens (including phenoxy) is 3. The van der Waals surface area contributed by atoms with E-state index in [1.807, 2.05) is 42.1 Å². The Balaban J connectivity index is 2.55.